The average molecular weight is 252 g/mol. The molecular formula is C11H12N2O3S. The Hall–Kier alpha value is -1.69. The summed E-state index contributed by atoms with van der Waals surface area (Å²) in [4.78, 5) is 29.1. The molecule has 1 saturated heterocycles. The molecule has 0 spiro atoms. The maximum Gasteiger partial charge on any atom is 0.349 e. The van der Waals surface area contributed by atoms with Gasteiger partial charge >= 0.3 is 5.97 Å². The summed E-state index contributed by atoms with van der Waals surface area (Å²) in [5.74, 6) is -0.255. The Morgan fingerprint density at radius 2 is 2.53 bits per heavy atom. The molecule has 17 heavy (non-hydrogen) atoms. The van der Waals surface area contributed by atoms with Gasteiger partial charge in [-0.15, -0.1) is 6.58 Å². The van der Waals surface area contributed by atoms with Gasteiger partial charge < -0.3 is 4.74 Å². The van der Waals surface area contributed by atoms with E-state index in [-0.39, 0.29) is 11.8 Å². The summed E-state index contributed by atoms with van der Waals surface area (Å²) in [6.45, 7) is 4.26. The highest BCUT2D eigenvalue weighted by molar-refractivity contribution is 7.17. The summed E-state index contributed by atoms with van der Waals surface area (Å²) in [6.07, 6.45) is 3.66. The van der Waals surface area contributed by atoms with Gasteiger partial charge in [0.2, 0.25) is 5.91 Å². The number of aromatic nitrogens is 1. The van der Waals surface area contributed by atoms with Crippen molar-refractivity contribution in [2.24, 2.45) is 5.92 Å². The summed E-state index contributed by atoms with van der Waals surface area (Å²) in [5, 5.41) is 0.541. The van der Waals surface area contributed by atoms with Crippen molar-refractivity contribution in [3.05, 3.63) is 23.7 Å². The van der Waals surface area contributed by atoms with Crippen LogP contribution in [-0.2, 0) is 9.53 Å². The number of hydrogen-bond acceptors (Lipinski definition) is 5. The molecule has 1 fully saturated rings. The molecule has 1 aliphatic rings. The van der Waals surface area contributed by atoms with Crippen molar-refractivity contribution in [1.29, 1.82) is 0 Å². The van der Waals surface area contributed by atoms with E-state index in [0.29, 0.717) is 23.0 Å². The highest BCUT2D eigenvalue weighted by Crippen LogP contribution is 2.29. The third-order valence-corrected chi connectivity index (χ3v) is 3.60. The second-order valence-electron chi connectivity index (χ2n) is 3.70. The van der Waals surface area contributed by atoms with Gasteiger partial charge in [-0.3, -0.25) is 9.69 Å². The summed E-state index contributed by atoms with van der Waals surface area (Å²) in [5.41, 5.74) is 0. The first-order valence-corrected chi connectivity index (χ1v) is 5.94. The largest absolute Gasteiger partial charge is 0.465 e. The molecule has 0 aliphatic carbocycles. The number of nitrogens with zero attached hydrogens (tertiary/aromatic N) is 2. The molecule has 1 amide bonds. The second-order valence-corrected chi connectivity index (χ2v) is 4.71. The zero-order valence-electron chi connectivity index (χ0n) is 9.38. The van der Waals surface area contributed by atoms with Gasteiger partial charge in [-0.05, 0) is 0 Å². The molecule has 1 aliphatic heterocycles. The van der Waals surface area contributed by atoms with Gasteiger partial charge in [-0.1, -0.05) is 17.4 Å². The third kappa shape index (κ3) is 2.21. The number of methoxy groups -OCH3 is 1. The molecule has 6 heteroatoms. The van der Waals surface area contributed by atoms with Crippen LogP contribution in [0.4, 0.5) is 5.13 Å². The van der Waals surface area contributed by atoms with E-state index in [1.165, 1.54) is 13.3 Å². The zero-order valence-corrected chi connectivity index (χ0v) is 10.2. The van der Waals surface area contributed by atoms with Crippen LogP contribution in [0.3, 0.4) is 0 Å². The number of thiazole rings is 1. The SMILES string of the molecule is C=CC1CC(=O)N(c2ncc(C(=O)OC)s2)C1. The number of carbonyl (C=O) groups excluding carboxylic acids is 2. The van der Waals surface area contributed by atoms with Crippen LogP contribution < -0.4 is 4.90 Å². The molecule has 90 valence electrons. The lowest BCUT2D eigenvalue weighted by molar-refractivity contribution is -0.117. The van der Waals surface area contributed by atoms with Gasteiger partial charge in [0, 0.05) is 18.9 Å². The normalized spacial score (nSPS) is 19.5. The molecule has 1 unspecified atom stereocenters. The lowest BCUT2D eigenvalue weighted by Crippen LogP contribution is -2.23. The molecule has 0 saturated carbocycles. The highest BCUT2D eigenvalue weighted by Gasteiger charge is 2.30. The van der Waals surface area contributed by atoms with E-state index in [1.807, 2.05) is 0 Å². The van der Waals surface area contributed by atoms with E-state index < -0.39 is 5.97 Å². The average Bonchev–Trinajstić information content (AvgIpc) is 2.94. The van der Waals surface area contributed by atoms with Crippen LogP contribution in [0.2, 0.25) is 0 Å². The van der Waals surface area contributed by atoms with Gasteiger partial charge in [0.05, 0.1) is 13.3 Å². The number of ether oxygens (including phenoxy) is 1. The summed E-state index contributed by atoms with van der Waals surface area (Å²) in [6, 6.07) is 0. The Kier molecular flexibility index (Phi) is 3.23. The van der Waals surface area contributed by atoms with Crippen molar-refractivity contribution in [1.82, 2.24) is 4.98 Å². The molecule has 0 aromatic carbocycles. The first-order valence-electron chi connectivity index (χ1n) is 5.12. The number of hydrogen-bond donors (Lipinski definition) is 0. The number of rotatable bonds is 3. The first-order chi connectivity index (χ1) is 8.15. The van der Waals surface area contributed by atoms with Crippen molar-refractivity contribution in [3.8, 4) is 0 Å². The smallest absolute Gasteiger partial charge is 0.349 e. The molecule has 1 atom stereocenters. The Morgan fingerprint density at radius 3 is 3.12 bits per heavy atom. The molecule has 1 aromatic rings. The van der Waals surface area contributed by atoms with Crippen molar-refractivity contribution in [2.45, 2.75) is 6.42 Å². The topological polar surface area (TPSA) is 59.5 Å². The van der Waals surface area contributed by atoms with Gasteiger partial charge in [-0.25, -0.2) is 9.78 Å². The van der Waals surface area contributed by atoms with E-state index in [4.69, 9.17) is 0 Å². The molecule has 2 rings (SSSR count). The molecular weight excluding hydrogens is 240 g/mol. The number of amides is 1. The van der Waals surface area contributed by atoms with Crippen LogP contribution in [0, 0.1) is 5.92 Å². The van der Waals surface area contributed by atoms with Crippen LogP contribution >= 0.6 is 11.3 Å². The lowest BCUT2D eigenvalue weighted by Gasteiger charge is -2.11. The van der Waals surface area contributed by atoms with E-state index in [1.54, 1.807) is 11.0 Å². The van der Waals surface area contributed by atoms with Crippen LogP contribution in [0.5, 0.6) is 0 Å². The van der Waals surface area contributed by atoms with Gasteiger partial charge in [-0.2, -0.15) is 0 Å². The van der Waals surface area contributed by atoms with E-state index in [9.17, 15) is 9.59 Å². The van der Waals surface area contributed by atoms with Gasteiger partial charge in [0.1, 0.15) is 4.88 Å². The minimum Gasteiger partial charge on any atom is -0.465 e. The predicted octanol–water partition coefficient (Wildman–Crippen LogP) is 1.47. The maximum atomic E-state index is 11.7. The molecule has 0 N–H and O–H groups in total. The van der Waals surface area contributed by atoms with Crippen molar-refractivity contribution in [2.75, 3.05) is 18.6 Å². The maximum absolute atomic E-state index is 11.7. The van der Waals surface area contributed by atoms with Crippen molar-refractivity contribution >= 4 is 28.3 Å². The lowest BCUT2D eigenvalue weighted by atomic mass is 10.1. The number of esters is 1. The van der Waals surface area contributed by atoms with E-state index in [2.05, 4.69) is 16.3 Å². The Morgan fingerprint density at radius 1 is 1.76 bits per heavy atom. The van der Waals surface area contributed by atoms with Gasteiger partial charge in [0.15, 0.2) is 5.13 Å². The first kappa shape index (κ1) is 11.8. The molecule has 2 heterocycles. The van der Waals surface area contributed by atoms with E-state index >= 15 is 0 Å². The second kappa shape index (κ2) is 4.67. The summed E-state index contributed by atoms with van der Waals surface area (Å²) >= 11 is 1.16. The van der Waals surface area contributed by atoms with Gasteiger partial charge in [0.25, 0.3) is 0 Å². The molecule has 5 nitrogen and oxygen atoms in total. The minimum atomic E-state index is -0.430. The highest BCUT2D eigenvalue weighted by atomic mass is 32.1. The monoisotopic (exact) mass is 252 g/mol. The van der Waals surface area contributed by atoms with Crippen LogP contribution in [-0.4, -0.2) is 30.5 Å². The van der Waals surface area contributed by atoms with Crippen molar-refractivity contribution in [3.63, 3.8) is 0 Å². The number of anilines is 1. The zero-order chi connectivity index (χ0) is 12.4. The van der Waals surface area contributed by atoms with Crippen LogP contribution in [0.15, 0.2) is 18.9 Å². The minimum absolute atomic E-state index is 0.0145. The fourth-order valence-electron chi connectivity index (χ4n) is 1.66. The van der Waals surface area contributed by atoms with E-state index in [0.717, 1.165) is 11.3 Å². The summed E-state index contributed by atoms with van der Waals surface area (Å²) in [7, 11) is 1.32. The quantitative estimate of drug-likeness (QED) is 0.603. The summed E-state index contributed by atoms with van der Waals surface area (Å²) < 4.78 is 4.59. The third-order valence-electron chi connectivity index (χ3n) is 2.60. The number of carbonyl (C=O) groups is 2. The van der Waals surface area contributed by atoms with Crippen molar-refractivity contribution < 1.29 is 14.3 Å². The fraction of sp³-hybridized carbons (Fsp3) is 0.364. The van der Waals surface area contributed by atoms with Crippen LogP contribution in [0.1, 0.15) is 16.1 Å². The predicted molar refractivity (Wildman–Crippen MR) is 64.1 cm³/mol. The molecule has 0 radical (unpaired) electrons. The fourth-order valence-corrected chi connectivity index (χ4v) is 2.52. The molecule has 1 aromatic heterocycles. The van der Waals surface area contributed by atoms with Crippen LogP contribution in [0.25, 0.3) is 0 Å². The Bertz CT molecular complexity index is 469. The molecule has 0 bridgehead atoms. The Labute approximate surface area is 103 Å². The Balaban J connectivity index is 2.18. The standard InChI is InChI=1S/C11H12N2O3S/c1-3-7-4-9(14)13(6-7)11-12-5-8(17-11)10(15)16-2/h3,5,7H,1,4,6H2,2H3.